The maximum absolute atomic E-state index is 5.74. The Labute approximate surface area is 123 Å². The van der Waals surface area contributed by atoms with Crippen LogP contribution in [0.4, 0.5) is 0 Å². The zero-order valence-electron chi connectivity index (χ0n) is 11.3. The minimum atomic E-state index is 0.107. The first-order chi connectivity index (χ1) is 9.11. The van der Waals surface area contributed by atoms with Gasteiger partial charge in [0, 0.05) is 4.47 Å². The third-order valence-electron chi connectivity index (χ3n) is 3.41. The fourth-order valence-corrected chi connectivity index (χ4v) is 2.82. The summed E-state index contributed by atoms with van der Waals surface area (Å²) in [5.41, 5.74) is 8.03. The van der Waals surface area contributed by atoms with Crippen LogP contribution >= 0.6 is 15.9 Å². The second-order valence-corrected chi connectivity index (χ2v) is 5.73. The molecule has 0 spiro atoms. The Bertz CT molecular complexity index is 566. The molecule has 3 N–H and O–H groups in total. The van der Waals surface area contributed by atoms with Crippen LogP contribution < -0.4 is 11.3 Å². The molecule has 2 aromatic rings. The Morgan fingerprint density at radius 2 is 1.89 bits per heavy atom. The van der Waals surface area contributed by atoms with E-state index in [4.69, 9.17) is 5.84 Å². The molecule has 0 amide bonds. The molecule has 0 bridgehead atoms. The average Bonchev–Trinajstić information content (AvgIpc) is 2.41. The van der Waals surface area contributed by atoms with Crippen molar-refractivity contribution in [3.63, 3.8) is 0 Å². The molecule has 0 aliphatic carbocycles. The highest BCUT2D eigenvalue weighted by Gasteiger charge is 2.14. The van der Waals surface area contributed by atoms with Gasteiger partial charge in [-0.25, -0.2) is 0 Å². The highest BCUT2D eigenvalue weighted by Crippen LogP contribution is 2.26. The summed E-state index contributed by atoms with van der Waals surface area (Å²) in [7, 11) is 0. The molecule has 0 radical (unpaired) electrons. The van der Waals surface area contributed by atoms with Crippen molar-refractivity contribution in [1.82, 2.24) is 5.43 Å². The smallest absolute Gasteiger partial charge is 0.0511 e. The van der Waals surface area contributed by atoms with E-state index in [0.717, 1.165) is 10.9 Å². The van der Waals surface area contributed by atoms with Crippen LogP contribution in [0.5, 0.6) is 0 Å². The fourth-order valence-electron chi connectivity index (χ4n) is 2.26. The molecule has 0 aliphatic heterocycles. The SMILES string of the molecule is Cc1ccc(C)c(CC(NN)c2ccccc2Br)c1. The van der Waals surface area contributed by atoms with Gasteiger partial charge in [0.15, 0.2) is 0 Å². The van der Waals surface area contributed by atoms with Gasteiger partial charge >= 0.3 is 0 Å². The minimum absolute atomic E-state index is 0.107. The van der Waals surface area contributed by atoms with E-state index in [2.05, 4.69) is 59.5 Å². The van der Waals surface area contributed by atoms with E-state index in [-0.39, 0.29) is 6.04 Å². The van der Waals surface area contributed by atoms with Crippen molar-refractivity contribution in [2.75, 3.05) is 0 Å². The maximum Gasteiger partial charge on any atom is 0.0511 e. The van der Waals surface area contributed by atoms with Crippen molar-refractivity contribution in [3.05, 3.63) is 69.2 Å². The zero-order valence-corrected chi connectivity index (χ0v) is 12.9. The molecular formula is C16H19BrN2. The molecule has 100 valence electrons. The van der Waals surface area contributed by atoms with Crippen LogP contribution in [-0.4, -0.2) is 0 Å². The Balaban J connectivity index is 2.29. The van der Waals surface area contributed by atoms with E-state index >= 15 is 0 Å². The van der Waals surface area contributed by atoms with Crippen molar-refractivity contribution in [2.45, 2.75) is 26.3 Å². The summed E-state index contributed by atoms with van der Waals surface area (Å²) in [5.74, 6) is 5.74. The van der Waals surface area contributed by atoms with Crippen LogP contribution in [0, 0.1) is 13.8 Å². The van der Waals surface area contributed by atoms with E-state index in [1.54, 1.807) is 0 Å². The topological polar surface area (TPSA) is 38.0 Å². The van der Waals surface area contributed by atoms with Gasteiger partial charge in [0.05, 0.1) is 6.04 Å². The Morgan fingerprint density at radius 1 is 1.16 bits per heavy atom. The molecule has 2 nitrogen and oxygen atoms in total. The van der Waals surface area contributed by atoms with Gasteiger partial charge in [-0.2, -0.15) is 0 Å². The summed E-state index contributed by atoms with van der Waals surface area (Å²) in [6, 6.07) is 14.8. The van der Waals surface area contributed by atoms with E-state index in [1.807, 2.05) is 18.2 Å². The molecule has 0 aromatic heterocycles. The van der Waals surface area contributed by atoms with Crippen molar-refractivity contribution in [1.29, 1.82) is 0 Å². The van der Waals surface area contributed by atoms with Gasteiger partial charge < -0.3 is 0 Å². The quantitative estimate of drug-likeness (QED) is 0.664. The molecule has 0 saturated carbocycles. The molecule has 1 unspecified atom stereocenters. The van der Waals surface area contributed by atoms with E-state index in [1.165, 1.54) is 22.3 Å². The fraction of sp³-hybridized carbons (Fsp3) is 0.250. The van der Waals surface area contributed by atoms with E-state index in [0.29, 0.717) is 0 Å². The first kappa shape index (κ1) is 14.3. The zero-order chi connectivity index (χ0) is 13.8. The third-order valence-corrected chi connectivity index (χ3v) is 4.13. The predicted octanol–water partition coefficient (Wildman–Crippen LogP) is 3.81. The summed E-state index contributed by atoms with van der Waals surface area (Å²) >= 11 is 3.59. The van der Waals surface area contributed by atoms with Gasteiger partial charge in [0.25, 0.3) is 0 Å². The molecule has 0 heterocycles. The molecule has 2 aromatic carbocycles. The standard InChI is InChI=1S/C16H19BrN2/c1-11-7-8-12(2)13(9-11)10-16(19-18)14-5-3-4-6-15(14)17/h3-9,16,19H,10,18H2,1-2H3. The summed E-state index contributed by atoms with van der Waals surface area (Å²) in [6.45, 7) is 4.26. The van der Waals surface area contributed by atoms with Crippen molar-refractivity contribution in [2.24, 2.45) is 5.84 Å². The molecule has 0 fully saturated rings. The molecule has 19 heavy (non-hydrogen) atoms. The number of nitrogens with one attached hydrogen (secondary N) is 1. The number of benzene rings is 2. The minimum Gasteiger partial charge on any atom is -0.271 e. The predicted molar refractivity (Wildman–Crippen MR) is 83.8 cm³/mol. The van der Waals surface area contributed by atoms with Gasteiger partial charge in [-0.15, -0.1) is 0 Å². The van der Waals surface area contributed by atoms with Crippen LogP contribution in [0.3, 0.4) is 0 Å². The van der Waals surface area contributed by atoms with Crippen LogP contribution in [0.2, 0.25) is 0 Å². The van der Waals surface area contributed by atoms with Gasteiger partial charge in [-0.1, -0.05) is 57.9 Å². The number of halogens is 1. The largest absolute Gasteiger partial charge is 0.271 e. The van der Waals surface area contributed by atoms with Crippen molar-refractivity contribution >= 4 is 15.9 Å². The van der Waals surface area contributed by atoms with Gasteiger partial charge in [0.1, 0.15) is 0 Å². The number of rotatable bonds is 4. The molecule has 0 saturated heterocycles. The third kappa shape index (κ3) is 3.44. The van der Waals surface area contributed by atoms with Gasteiger partial charge in [-0.05, 0) is 43.0 Å². The molecule has 0 aliphatic rings. The van der Waals surface area contributed by atoms with Gasteiger partial charge in [0.2, 0.25) is 0 Å². The second kappa shape index (κ2) is 6.33. The van der Waals surface area contributed by atoms with E-state index < -0.39 is 0 Å². The lowest BCUT2D eigenvalue weighted by Gasteiger charge is -2.19. The molecule has 1 atom stereocenters. The highest BCUT2D eigenvalue weighted by atomic mass is 79.9. The average molecular weight is 319 g/mol. The summed E-state index contributed by atoms with van der Waals surface area (Å²) in [5, 5.41) is 0. The summed E-state index contributed by atoms with van der Waals surface area (Å²) in [6.07, 6.45) is 0.882. The molecule has 3 heteroatoms. The lowest BCUT2D eigenvalue weighted by atomic mass is 9.95. The van der Waals surface area contributed by atoms with Crippen molar-refractivity contribution in [3.8, 4) is 0 Å². The number of nitrogens with two attached hydrogens (primary N) is 1. The van der Waals surface area contributed by atoms with E-state index in [9.17, 15) is 0 Å². The number of hydrogen-bond donors (Lipinski definition) is 2. The molecule has 2 rings (SSSR count). The summed E-state index contributed by atoms with van der Waals surface area (Å²) < 4.78 is 1.09. The number of aryl methyl sites for hydroxylation is 2. The molecular weight excluding hydrogens is 300 g/mol. The lowest BCUT2D eigenvalue weighted by molar-refractivity contribution is 0.549. The first-order valence-electron chi connectivity index (χ1n) is 6.38. The lowest BCUT2D eigenvalue weighted by Crippen LogP contribution is -2.30. The van der Waals surface area contributed by atoms with Crippen LogP contribution in [0.25, 0.3) is 0 Å². The monoisotopic (exact) mass is 318 g/mol. The number of hydrazine groups is 1. The van der Waals surface area contributed by atoms with Crippen LogP contribution in [-0.2, 0) is 6.42 Å². The normalized spacial score (nSPS) is 12.4. The Kier molecular flexibility index (Phi) is 4.75. The Hall–Kier alpha value is -1.16. The van der Waals surface area contributed by atoms with Crippen LogP contribution in [0.15, 0.2) is 46.9 Å². The second-order valence-electron chi connectivity index (χ2n) is 4.87. The van der Waals surface area contributed by atoms with Crippen LogP contribution in [0.1, 0.15) is 28.3 Å². The first-order valence-corrected chi connectivity index (χ1v) is 7.18. The van der Waals surface area contributed by atoms with Gasteiger partial charge in [-0.3, -0.25) is 11.3 Å². The summed E-state index contributed by atoms with van der Waals surface area (Å²) in [4.78, 5) is 0. The van der Waals surface area contributed by atoms with Crippen molar-refractivity contribution < 1.29 is 0 Å². The Morgan fingerprint density at radius 3 is 2.58 bits per heavy atom. The number of hydrogen-bond acceptors (Lipinski definition) is 2. The maximum atomic E-state index is 5.74. The highest BCUT2D eigenvalue weighted by molar-refractivity contribution is 9.10.